The van der Waals surface area contributed by atoms with Gasteiger partial charge in [0.15, 0.2) is 0 Å². The third kappa shape index (κ3) is 6.69. The van der Waals surface area contributed by atoms with Crippen LogP contribution in [0.25, 0.3) is 0 Å². The van der Waals surface area contributed by atoms with Gasteiger partial charge in [0.05, 0.1) is 6.61 Å². The number of anilines is 1. The first kappa shape index (κ1) is 19.2. The fourth-order valence-corrected chi connectivity index (χ4v) is 2.79. The Labute approximate surface area is 152 Å². The molecule has 0 unspecified atom stereocenters. The third-order valence-electron chi connectivity index (χ3n) is 4.19. The summed E-state index contributed by atoms with van der Waals surface area (Å²) in [5.41, 5.74) is 3.42. The minimum absolute atomic E-state index is 0.633. The molecule has 0 atom stereocenters. The number of ether oxygens (including phenoxy) is 2. The van der Waals surface area contributed by atoms with Gasteiger partial charge in [0.2, 0.25) is 0 Å². The van der Waals surface area contributed by atoms with Gasteiger partial charge in [-0.05, 0) is 43.5 Å². The Morgan fingerprint density at radius 3 is 2.36 bits per heavy atom. The molecule has 0 saturated carbocycles. The Hall–Kier alpha value is -2.16. The molecular formula is C22H31NO2. The number of hydrogen-bond donors (Lipinski definition) is 1. The first-order valence-corrected chi connectivity index (χ1v) is 9.36. The number of rotatable bonds is 11. The number of hydrogen-bond acceptors (Lipinski definition) is 3. The van der Waals surface area contributed by atoms with Crippen LogP contribution < -0.4 is 14.8 Å². The van der Waals surface area contributed by atoms with Crippen molar-refractivity contribution < 1.29 is 9.47 Å². The third-order valence-corrected chi connectivity index (χ3v) is 4.19. The molecule has 1 N–H and O–H groups in total. The lowest BCUT2D eigenvalue weighted by Gasteiger charge is -2.13. The van der Waals surface area contributed by atoms with Gasteiger partial charge in [-0.2, -0.15) is 0 Å². The van der Waals surface area contributed by atoms with E-state index in [1.165, 1.54) is 30.4 Å². The first-order chi connectivity index (χ1) is 12.2. The Bertz CT molecular complexity index is 619. The predicted molar refractivity (Wildman–Crippen MR) is 106 cm³/mol. The highest BCUT2D eigenvalue weighted by Gasteiger charge is 2.03. The number of para-hydroxylation sites is 1. The Morgan fingerprint density at radius 2 is 1.60 bits per heavy atom. The molecule has 0 amide bonds. The summed E-state index contributed by atoms with van der Waals surface area (Å²) in [7, 11) is 0. The van der Waals surface area contributed by atoms with Crippen molar-refractivity contribution in [3.8, 4) is 11.5 Å². The summed E-state index contributed by atoms with van der Waals surface area (Å²) >= 11 is 0. The minimum atomic E-state index is 0.633. The van der Waals surface area contributed by atoms with Crippen LogP contribution in [0.4, 0.5) is 5.69 Å². The first-order valence-electron chi connectivity index (χ1n) is 9.36. The summed E-state index contributed by atoms with van der Waals surface area (Å²) in [5, 5.41) is 3.40. The molecule has 2 rings (SSSR count). The van der Waals surface area contributed by atoms with Crippen LogP contribution in [0, 0.1) is 13.8 Å². The summed E-state index contributed by atoms with van der Waals surface area (Å²) < 4.78 is 11.8. The lowest BCUT2D eigenvalue weighted by Crippen LogP contribution is -2.12. The van der Waals surface area contributed by atoms with Gasteiger partial charge in [-0.25, -0.2) is 0 Å². The van der Waals surface area contributed by atoms with E-state index in [0.717, 1.165) is 36.8 Å². The summed E-state index contributed by atoms with van der Waals surface area (Å²) in [6.07, 6.45) is 4.90. The second-order valence-corrected chi connectivity index (χ2v) is 6.43. The molecule has 0 heterocycles. The van der Waals surface area contributed by atoms with E-state index >= 15 is 0 Å². The predicted octanol–water partition coefficient (Wildman–Crippen LogP) is 5.75. The molecule has 0 spiro atoms. The van der Waals surface area contributed by atoms with Crippen LogP contribution >= 0.6 is 0 Å². The van der Waals surface area contributed by atoms with Crippen molar-refractivity contribution in [1.82, 2.24) is 0 Å². The summed E-state index contributed by atoms with van der Waals surface area (Å²) in [6.45, 7) is 8.56. The van der Waals surface area contributed by atoms with Crippen LogP contribution in [0.3, 0.4) is 0 Å². The fourth-order valence-electron chi connectivity index (χ4n) is 2.79. The van der Waals surface area contributed by atoms with Crippen molar-refractivity contribution in [2.45, 2.75) is 46.5 Å². The minimum Gasteiger partial charge on any atom is -0.494 e. The fraction of sp³-hybridized carbons (Fsp3) is 0.455. The lowest BCUT2D eigenvalue weighted by molar-refractivity contribution is 0.305. The van der Waals surface area contributed by atoms with E-state index in [1.807, 2.05) is 12.1 Å². The Kier molecular flexibility index (Phi) is 8.17. The number of nitrogens with one attached hydrogen (secondary N) is 1. The molecule has 0 aliphatic rings. The van der Waals surface area contributed by atoms with E-state index in [2.05, 4.69) is 56.4 Å². The van der Waals surface area contributed by atoms with Gasteiger partial charge in [0.25, 0.3) is 0 Å². The molecule has 0 fully saturated rings. The zero-order chi connectivity index (χ0) is 17.9. The summed E-state index contributed by atoms with van der Waals surface area (Å²) in [5.74, 6) is 1.92. The van der Waals surface area contributed by atoms with Gasteiger partial charge in [0.1, 0.15) is 18.1 Å². The average Bonchev–Trinajstić information content (AvgIpc) is 2.61. The molecule has 136 valence electrons. The monoisotopic (exact) mass is 341 g/mol. The molecule has 0 aliphatic carbocycles. The SMILES string of the molecule is CCCCCCOc1cccc(NCCOc2c(C)cccc2C)c1. The van der Waals surface area contributed by atoms with Gasteiger partial charge in [-0.15, -0.1) is 0 Å². The van der Waals surface area contributed by atoms with Crippen LogP contribution in [-0.4, -0.2) is 19.8 Å². The molecular weight excluding hydrogens is 310 g/mol. The molecule has 0 radical (unpaired) electrons. The average molecular weight is 341 g/mol. The van der Waals surface area contributed by atoms with Crippen molar-refractivity contribution in [3.63, 3.8) is 0 Å². The Balaban J connectivity index is 1.73. The maximum Gasteiger partial charge on any atom is 0.125 e. The molecule has 3 nitrogen and oxygen atoms in total. The van der Waals surface area contributed by atoms with E-state index < -0.39 is 0 Å². The Morgan fingerprint density at radius 1 is 0.840 bits per heavy atom. The maximum atomic E-state index is 5.93. The highest BCUT2D eigenvalue weighted by molar-refractivity contribution is 5.48. The van der Waals surface area contributed by atoms with Crippen LogP contribution in [0.1, 0.15) is 43.7 Å². The van der Waals surface area contributed by atoms with Crippen molar-refractivity contribution >= 4 is 5.69 Å². The largest absolute Gasteiger partial charge is 0.494 e. The normalized spacial score (nSPS) is 10.5. The van der Waals surface area contributed by atoms with Crippen molar-refractivity contribution in [3.05, 3.63) is 53.6 Å². The van der Waals surface area contributed by atoms with Gasteiger partial charge in [-0.1, -0.05) is 50.5 Å². The molecule has 0 aliphatic heterocycles. The van der Waals surface area contributed by atoms with E-state index in [1.54, 1.807) is 0 Å². The summed E-state index contributed by atoms with van der Waals surface area (Å²) in [6, 6.07) is 14.4. The molecule has 2 aromatic carbocycles. The number of unbranched alkanes of at least 4 members (excludes halogenated alkanes) is 3. The summed E-state index contributed by atoms with van der Waals surface area (Å²) in [4.78, 5) is 0. The second-order valence-electron chi connectivity index (χ2n) is 6.43. The highest BCUT2D eigenvalue weighted by atomic mass is 16.5. The quantitative estimate of drug-likeness (QED) is 0.528. The molecule has 3 heteroatoms. The standard InChI is InChI=1S/C22H31NO2/c1-4-5-6-7-15-24-21-13-9-12-20(17-21)23-14-16-25-22-18(2)10-8-11-19(22)3/h8-13,17,23H,4-7,14-16H2,1-3H3. The van der Waals surface area contributed by atoms with Crippen LogP contribution in [0.2, 0.25) is 0 Å². The zero-order valence-electron chi connectivity index (χ0n) is 15.8. The topological polar surface area (TPSA) is 30.5 Å². The number of benzene rings is 2. The van der Waals surface area contributed by atoms with Crippen molar-refractivity contribution in [2.75, 3.05) is 25.1 Å². The lowest BCUT2D eigenvalue weighted by atomic mass is 10.1. The van der Waals surface area contributed by atoms with E-state index in [-0.39, 0.29) is 0 Å². The molecule has 0 aromatic heterocycles. The van der Waals surface area contributed by atoms with Gasteiger partial charge < -0.3 is 14.8 Å². The van der Waals surface area contributed by atoms with Crippen LogP contribution in [0.15, 0.2) is 42.5 Å². The van der Waals surface area contributed by atoms with Crippen LogP contribution in [0.5, 0.6) is 11.5 Å². The number of aryl methyl sites for hydroxylation is 2. The van der Waals surface area contributed by atoms with Gasteiger partial charge >= 0.3 is 0 Å². The van der Waals surface area contributed by atoms with Crippen molar-refractivity contribution in [1.29, 1.82) is 0 Å². The van der Waals surface area contributed by atoms with E-state index in [4.69, 9.17) is 9.47 Å². The highest BCUT2D eigenvalue weighted by Crippen LogP contribution is 2.22. The van der Waals surface area contributed by atoms with Gasteiger partial charge in [-0.3, -0.25) is 0 Å². The van der Waals surface area contributed by atoms with E-state index in [9.17, 15) is 0 Å². The zero-order valence-corrected chi connectivity index (χ0v) is 15.8. The molecule has 2 aromatic rings. The molecule has 0 saturated heterocycles. The maximum absolute atomic E-state index is 5.93. The molecule has 0 bridgehead atoms. The molecule has 25 heavy (non-hydrogen) atoms. The van der Waals surface area contributed by atoms with E-state index in [0.29, 0.717) is 6.61 Å². The van der Waals surface area contributed by atoms with Gasteiger partial charge in [0, 0.05) is 18.3 Å². The van der Waals surface area contributed by atoms with Crippen molar-refractivity contribution in [2.24, 2.45) is 0 Å². The second kappa shape index (κ2) is 10.7. The van der Waals surface area contributed by atoms with Crippen LogP contribution in [-0.2, 0) is 0 Å². The smallest absolute Gasteiger partial charge is 0.125 e.